The van der Waals surface area contributed by atoms with Crippen molar-refractivity contribution in [3.63, 3.8) is 0 Å². The Bertz CT molecular complexity index is 1090. The highest BCUT2D eigenvalue weighted by atomic mass is 32.2. The Morgan fingerprint density at radius 2 is 1.71 bits per heavy atom. The van der Waals surface area contributed by atoms with Crippen molar-refractivity contribution in [1.82, 2.24) is 19.9 Å². The van der Waals surface area contributed by atoms with Gasteiger partial charge in [0.25, 0.3) is 0 Å². The lowest BCUT2D eigenvalue weighted by Crippen LogP contribution is -2.46. The number of urea groups is 1. The van der Waals surface area contributed by atoms with Crippen molar-refractivity contribution < 1.29 is 22.0 Å². The third-order valence-corrected chi connectivity index (χ3v) is 7.26. The fourth-order valence-electron chi connectivity index (χ4n) is 4.00. The molecule has 0 unspecified atom stereocenters. The van der Waals surface area contributed by atoms with Gasteiger partial charge in [-0.2, -0.15) is 0 Å². The zero-order chi connectivity index (χ0) is 24.7. The first-order chi connectivity index (χ1) is 16.2. The van der Waals surface area contributed by atoms with Crippen LogP contribution in [0.1, 0.15) is 35.4 Å². The number of likely N-dealkylation sites (tertiary alicyclic amines) is 1. The number of carbonyl (C=O) groups is 1. The molecule has 1 aliphatic rings. The largest absolute Gasteiger partial charge is 0.337 e. The molecule has 1 fully saturated rings. The monoisotopic (exact) mass is 495 g/mol. The highest BCUT2D eigenvalue weighted by Gasteiger charge is 2.25. The van der Waals surface area contributed by atoms with Crippen LogP contribution in [0.3, 0.4) is 0 Å². The first-order valence-electron chi connectivity index (χ1n) is 11.2. The zero-order valence-electron chi connectivity index (χ0n) is 19.4. The van der Waals surface area contributed by atoms with E-state index in [4.69, 9.17) is 0 Å². The van der Waals surface area contributed by atoms with Crippen molar-refractivity contribution in [3.05, 3.63) is 52.8 Å². The predicted molar refractivity (Wildman–Crippen MR) is 127 cm³/mol. The second-order valence-corrected chi connectivity index (χ2v) is 10.2. The van der Waals surface area contributed by atoms with Crippen LogP contribution in [0.25, 0.3) is 0 Å². The summed E-state index contributed by atoms with van der Waals surface area (Å²) >= 11 is 0. The minimum absolute atomic E-state index is 0.0472. The van der Waals surface area contributed by atoms with Crippen LogP contribution in [0, 0.1) is 13.8 Å². The van der Waals surface area contributed by atoms with Crippen LogP contribution in [-0.4, -0.2) is 56.6 Å². The molecule has 1 aromatic carbocycles. The Morgan fingerprint density at radius 1 is 1.06 bits per heavy atom. The van der Waals surface area contributed by atoms with Crippen molar-refractivity contribution in [1.29, 1.82) is 0 Å². The van der Waals surface area contributed by atoms with Gasteiger partial charge in [0.1, 0.15) is 13.3 Å². The molecule has 1 aromatic heterocycles. The number of alkyl halides is 2. The molecule has 186 valence electrons. The molecule has 1 aliphatic heterocycles. The molecule has 8 nitrogen and oxygen atoms in total. The van der Waals surface area contributed by atoms with Gasteiger partial charge in [0.2, 0.25) is 10.0 Å². The second kappa shape index (κ2) is 11.7. The molecule has 11 heteroatoms. The number of halogens is 2. The van der Waals surface area contributed by atoms with E-state index in [-0.39, 0.29) is 28.1 Å². The van der Waals surface area contributed by atoms with E-state index < -0.39 is 23.4 Å². The summed E-state index contributed by atoms with van der Waals surface area (Å²) in [7, 11) is -3.83. The summed E-state index contributed by atoms with van der Waals surface area (Å²) < 4.78 is 54.1. The Labute approximate surface area is 199 Å². The van der Waals surface area contributed by atoms with Crippen molar-refractivity contribution in [2.75, 3.05) is 31.5 Å². The number of anilines is 1. The summed E-state index contributed by atoms with van der Waals surface area (Å²) in [6, 6.07) is 6.86. The molecular weight excluding hydrogens is 464 g/mol. The fourth-order valence-corrected chi connectivity index (χ4v) is 5.35. The number of nitrogens with one attached hydrogen (secondary N) is 3. The number of benzene rings is 1. The van der Waals surface area contributed by atoms with E-state index in [0.29, 0.717) is 44.7 Å². The number of pyridine rings is 1. The van der Waals surface area contributed by atoms with Crippen LogP contribution in [0.4, 0.5) is 19.3 Å². The molecule has 0 aliphatic carbocycles. The molecule has 1 saturated heterocycles. The summed E-state index contributed by atoms with van der Waals surface area (Å²) in [6.45, 7) is 4.42. The standard InChI is InChI=1S/C23H31F2N5O3S/c1-16-11-21(12-17(2)27-16)28-23(31)26-7-10-30-8-5-20(6-9-30)29-34(32,33)22-4-3-18(14-24)19(13-22)15-25/h3-4,11-13,20,29H,5-10,14-15H2,1-2H3,(H2,26,27,28,31). The van der Waals surface area contributed by atoms with E-state index in [2.05, 4.69) is 25.2 Å². The van der Waals surface area contributed by atoms with Gasteiger partial charge in [-0.25, -0.2) is 26.7 Å². The summed E-state index contributed by atoms with van der Waals surface area (Å²) in [6.07, 6.45) is 1.22. The molecule has 2 amide bonds. The van der Waals surface area contributed by atoms with Gasteiger partial charge in [-0.15, -0.1) is 0 Å². The number of hydrogen-bond donors (Lipinski definition) is 3. The van der Waals surface area contributed by atoms with E-state index >= 15 is 0 Å². The van der Waals surface area contributed by atoms with E-state index in [0.717, 1.165) is 11.4 Å². The number of rotatable bonds is 9. The molecule has 3 rings (SSSR count). The summed E-state index contributed by atoms with van der Waals surface area (Å²) in [5, 5.41) is 5.62. The Hall–Kier alpha value is -2.63. The number of aryl methyl sites for hydroxylation is 2. The third kappa shape index (κ3) is 7.18. The molecule has 0 spiro atoms. The maximum atomic E-state index is 13.1. The molecule has 3 N–H and O–H groups in total. The number of piperidine rings is 1. The van der Waals surface area contributed by atoms with Crippen LogP contribution in [0.15, 0.2) is 35.2 Å². The van der Waals surface area contributed by atoms with Gasteiger partial charge in [-0.3, -0.25) is 4.98 Å². The summed E-state index contributed by atoms with van der Waals surface area (Å²) in [5.41, 5.74) is 2.55. The first kappa shape index (κ1) is 26.0. The lowest BCUT2D eigenvalue weighted by atomic mass is 10.1. The van der Waals surface area contributed by atoms with Crippen molar-refractivity contribution in [2.45, 2.75) is 51.0 Å². The Balaban J connectivity index is 1.42. The second-order valence-electron chi connectivity index (χ2n) is 8.45. The van der Waals surface area contributed by atoms with Crippen LogP contribution in [0.5, 0.6) is 0 Å². The minimum Gasteiger partial charge on any atom is -0.337 e. The first-order valence-corrected chi connectivity index (χ1v) is 12.7. The molecule has 0 saturated carbocycles. The van der Waals surface area contributed by atoms with Gasteiger partial charge in [0.05, 0.1) is 4.90 Å². The van der Waals surface area contributed by atoms with E-state index in [1.165, 1.54) is 18.2 Å². The summed E-state index contributed by atoms with van der Waals surface area (Å²) in [5.74, 6) is 0. The third-order valence-electron chi connectivity index (χ3n) is 5.74. The molecule has 2 aromatic rings. The van der Waals surface area contributed by atoms with Gasteiger partial charge in [-0.1, -0.05) is 6.07 Å². The highest BCUT2D eigenvalue weighted by Crippen LogP contribution is 2.20. The smallest absolute Gasteiger partial charge is 0.319 e. The summed E-state index contributed by atoms with van der Waals surface area (Å²) in [4.78, 5) is 18.5. The Kier molecular flexibility index (Phi) is 8.92. The van der Waals surface area contributed by atoms with Gasteiger partial charge in [0, 0.05) is 36.2 Å². The fraction of sp³-hybridized carbons (Fsp3) is 0.478. The van der Waals surface area contributed by atoms with Crippen LogP contribution < -0.4 is 15.4 Å². The van der Waals surface area contributed by atoms with Crippen LogP contribution in [-0.2, 0) is 23.4 Å². The van der Waals surface area contributed by atoms with E-state index in [9.17, 15) is 22.0 Å². The molecule has 2 heterocycles. The molecule has 0 radical (unpaired) electrons. The minimum atomic E-state index is -3.83. The molecule has 0 atom stereocenters. The normalized spacial score (nSPS) is 15.3. The average molecular weight is 496 g/mol. The maximum Gasteiger partial charge on any atom is 0.319 e. The lowest BCUT2D eigenvalue weighted by Gasteiger charge is -2.32. The topological polar surface area (TPSA) is 103 Å². The molecule has 0 bridgehead atoms. The van der Waals surface area contributed by atoms with Gasteiger partial charge < -0.3 is 15.5 Å². The number of sulfonamides is 1. The van der Waals surface area contributed by atoms with Crippen LogP contribution in [0.2, 0.25) is 0 Å². The Morgan fingerprint density at radius 3 is 2.32 bits per heavy atom. The van der Waals surface area contributed by atoms with E-state index in [1.54, 1.807) is 12.1 Å². The van der Waals surface area contributed by atoms with Crippen molar-refractivity contribution in [2.24, 2.45) is 0 Å². The molecular formula is C23H31F2N5O3S. The SMILES string of the molecule is Cc1cc(NC(=O)NCCN2CCC(NS(=O)(=O)c3ccc(CF)c(CF)c3)CC2)cc(C)n1. The number of hydrogen-bond acceptors (Lipinski definition) is 5. The van der Waals surface area contributed by atoms with Gasteiger partial charge in [0.15, 0.2) is 0 Å². The number of amides is 2. The predicted octanol–water partition coefficient (Wildman–Crippen LogP) is 3.20. The van der Waals surface area contributed by atoms with Gasteiger partial charge >= 0.3 is 6.03 Å². The van der Waals surface area contributed by atoms with Gasteiger partial charge in [-0.05, 0) is 75.2 Å². The average Bonchev–Trinajstić information content (AvgIpc) is 2.78. The highest BCUT2D eigenvalue weighted by molar-refractivity contribution is 7.89. The molecule has 34 heavy (non-hydrogen) atoms. The van der Waals surface area contributed by atoms with E-state index in [1.807, 2.05) is 13.8 Å². The van der Waals surface area contributed by atoms with Crippen molar-refractivity contribution in [3.8, 4) is 0 Å². The maximum absolute atomic E-state index is 13.1. The van der Waals surface area contributed by atoms with Crippen LogP contribution >= 0.6 is 0 Å². The zero-order valence-corrected chi connectivity index (χ0v) is 20.2. The quantitative estimate of drug-likeness (QED) is 0.496. The number of nitrogens with zero attached hydrogens (tertiary/aromatic N) is 2. The number of aromatic nitrogens is 1. The van der Waals surface area contributed by atoms with Crippen molar-refractivity contribution >= 4 is 21.7 Å². The number of carbonyl (C=O) groups excluding carboxylic acids is 1. The lowest BCUT2D eigenvalue weighted by molar-refractivity contribution is 0.206.